The van der Waals surface area contributed by atoms with E-state index in [4.69, 9.17) is 0 Å². The van der Waals surface area contributed by atoms with Crippen molar-refractivity contribution >= 4 is 0 Å². The van der Waals surface area contributed by atoms with Gasteiger partial charge >= 0.3 is 0 Å². The maximum atomic E-state index is 2.50. The maximum Gasteiger partial charge on any atom is -0.0332 e. The Morgan fingerprint density at radius 3 is 2.12 bits per heavy atom. The Morgan fingerprint density at radius 1 is 1.00 bits per heavy atom. The summed E-state index contributed by atoms with van der Waals surface area (Å²) in [5, 5.41) is 0. The van der Waals surface area contributed by atoms with Crippen LogP contribution >= 0.6 is 0 Å². The molecule has 1 fully saturated rings. The Labute approximate surface area is 103 Å². The van der Waals surface area contributed by atoms with E-state index in [-0.39, 0.29) is 0 Å². The first-order valence-electron chi connectivity index (χ1n) is 7.61. The van der Waals surface area contributed by atoms with Crippen LogP contribution in [0.25, 0.3) is 0 Å². The lowest BCUT2D eigenvalue weighted by atomic mass is 9.75. The molecule has 5 atom stereocenters. The number of hydrogen-bond donors (Lipinski definition) is 0. The van der Waals surface area contributed by atoms with Crippen molar-refractivity contribution in [3.05, 3.63) is 0 Å². The second-order valence-corrected chi connectivity index (χ2v) is 6.29. The highest BCUT2D eigenvalue weighted by molar-refractivity contribution is 4.88. The Morgan fingerprint density at radius 2 is 1.69 bits per heavy atom. The Bertz CT molecular complexity index is 184. The molecule has 0 aliphatic heterocycles. The van der Waals surface area contributed by atoms with Crippen molar-refractivity contribution in [3.8, 4) is 0 Å². The van der Waals surface area contributed by atoms with Gasteiger partial charge in [-0.3, -0.25) is 0 Å². The van der Waals surface area contributed by atoms with E-state index in [1.165, 1.54) is 38.5 Å². The van der Waals surface area contributed by atoms with Gasteiger partial charge in [-0.25, -0.2) is 0 Å². The molecule has 1 aliphatic rings. The van der Waals surface area contributed by atoms with E-state index in [0.29, 0.717) is 0 Å². The summed E-state index contributed by atoms with van der Waals surface area (Å²) < 4.78 is 0. The van der Waals surface area contributed by atoms with Crippen molar-refractivity contribution in [2.75, 3.05) is 0 Å². The average Bonchev–Trinajstić information content (AvgIpc) is 2.50. The van der Waals surface area contributed by atoms with Gasteiger partial charge in [0.2, 0.25) is 0 Å². The lowest BCUT2D eigenvalue weighted by molar-refractivity contribution is 0.192. The predicted molar refractivity (Wildman–Crippen MR) is 73.5 cm³/mol. The molecule has 0 amide bonds. The molecule has 16 heavy (non-hydrogen) atoms. The molecule has 0 heteroatoms. The quantitative estimate of drug-likeness (QED) is 0.521. The maximum absolute atomic E-state index is 2.50. The summed E-state index contributed by atoms with van der Waals surface area (Å²) in [6.45, 7) is 12.2. The Kier molecular flexibility index (Phi) is 5.86. The second-order valence-electron chi connectivity index (χ2n) is 6.29. The van der Waals surface area contributed by atoms with Crippen molar-refractivity contribution in [3.63, 3.8) is 0 Å². The summed E-state index contributed by atoms with van der Waals surface area (Å²) in [6, 6.07) is 0. The molecule has 5 unspecified atom stereocenters. The molecule has 0 aromatic carbocycles. The molecule has 0 N–H and O–H groups in total. The van der Waals surface area contributed by atoms with Crippen LogP contribution in [0, 0.1) is 29.6 Å². The fraction of sp³-hybridized carbons (Fsp3) is 1.00. The zero-order valence-electron chi connectivity index (χ0n) is 12.1. The standard InChI is InChI=1S/C16H32/c1-6-8-9-10-15(7-2)16-13(4)11-12(3)14(16)5/h12-16H,6-11H2,1-5H3. The first-order valence-corrected chi connectivity index (χ1v) is 7.61. The second kappa shape index (κ2) is 6.67. The molecule has 0 spiro atoms. The molecule has 0 aromatic rings. The molecular weight excluding hydrogens is 192 g/mol. The fourth-order valence-corrected chi connectivity index (χ4v) is 4.07. The third kappa shape index (κ3) is 3.25. The van der Waals surface area contributed by atoms with Crippen molar-refractivity contribution in [1.82, 2.24) is 0 Å². The highest BCUT2D eigenvalue weighted by atomic mass is 14.4. The van der Waals surface area contributed by atoms with Gasteiger partial charge in [-0.05, 0) is 36.0 Å². The first kappa shape index (κ1) is 14.1. The summed E-state index contributed by atoms with van der Waals surface area (Å²) in [6.07, 6.45) is 8.60. The van der Waals surface area contributed by atoms with E-state index in [1.807, 2.05) is 0 Å². The molecule has 0 heterocycles. The predicted octanol–water partition coefficient (Wildman–Crippen LogP) is 5.52. The topological polar surface area (TPSA) is 0 Å². The van der Waals surface area contributed by atoms with E-state index in [0.717, 1.165) is 29.6 Å². The lowest BCUT2D eigenvalue weighted by Crippen LogP contribution is -2.22. The molecular formula is C16H32. The van der Waals surface area contributed by atoms with E-state index >= 15 is 0 Å². The minimum atomic E-state index is 0.959. The molecule has 0 saturated heterocycles. The number of rotatable bonds is 6. The van der Waals surface area contributed by atoms with E-state index < -0.39 is 0 Å². The SMILES string of the molecule is CCCCCC(CC)C1C(C)CC(C)C1C. The van der Waals surface area contributed by atoms with Gasteiger partial charge in [0.05, 0.1) is 0 Å². The highest BCUT2D eigenvalue weighted by Gasteiger charge is 2.39. The molecule has 1 rings (SSSR count). The monoisotopic (exact) mass is 224 g/mol. The van der Waals surface area contributed by atoms with Gasteiger partial charge < -0.3 is 0 Å². The third-order valence-corrected chi connectivity index (χ3v) is 5.15. The minimum absolute atomic E-state index is 0.959. The normalized spacial score (nSPS) is 36.6. The van der Waals surface area contributed by atoms with Crippen molar-refractivity contribution in [1.29, 1.82) is 0 Å². The van der Waals surface area contributed by atoms with Crippen LogP contribution in [0.4, 0.5) is 0 Å². The van der Waals surface area contributed by atoms with Gasteiger partial charge in [0.1, 0.15) is 0 Å². The van der Waals surface area contributed by atoms with E-state index in [1.54, 1.807) is 0 Å². The van der Waals surface area contributed by atoms with Crippen LogP contribution in [0.5, 0.6) is 0 Å². The van der Waals surface area contributed by atoms with E-state index in [2.05, 4.69) is 34.6 Å². The summed E-state index contributed by atoms with van der Waals surface area (Å²) in [7, 11) is 0. The summed E-state index contributed by atoms with van der Waals surface area (Å²) in [4.78, 5) is 0. The van der Waals surface area contributed by atoms with Crippen LogP contribution in [-0.2, 0) is 0 Å². The summed E-state index contributed by atoms with van der Waals surface area (Å²) in [5.41, 5.74) is 0. The highest BCUT2D eigenvalue weighted by Crippen LogP contribution is 2.47. The van der Waals surface area contributed by atoms with Crippen molar-refractivity contribution in [2.24, 2.45) is 29.6 Å². The fourth-order valence-electron chi connectivity index (χ4n) is 4.07. The largest absolute Gasteiger partial charge is 0.0654 e. The summed E-state index contributed by atoms with van der Waals surface area (Å²) in [5.74, 6) is 4.90. The minimum Gasteiger partial charge on any atom is -0.0654 e. The van der Waals surface area contributed by atoms with Gasteiger partial charge in [-0.1, -0.05) is 66.7 Å². The molecule has 0 nitrogen and oxygen atoms in total. The number of unbranched alkanes of at least 4 members (excludes halogenated alkanes) is 2. The summed E-state index contributed by atoms with van der Waals surface area (Å²) >= 11 is 0. The molecule has 1 saturated carbocycles. The van der Waals surface area contributed by atoms with Crippen LogP contribution in [0.2, 0.25) is 0 Å². The molecule has 96 valence electrons. The van der Waals surface area contributed by atoms with Gasteiger partial charge in [0.15, 0.2) is 0 Å². The Balaban J connectivity index is 2.51. The van der Waals surface area contributed by atoms with E-state index in [9.17, 15) is 0 Å². The third-order valence-electron chi connectivity index (χ3n) is 5.15. The van der Waals surface area contributed by atoms with Gasteiger partial charge in [-0.15, -0.1) is 0 Å². The molecule has 0 radical (unpaired) electrons. The first-order chi connectivity index (χ1) is 7.61. The Hall–Kier alpha value is 0. The lowest BCUT2D eigenvalue weighted by Gasteiger charge is -2.30. The molecule has 0 bridgehead atoms. The van der Waals surface area contributed by atoms with Crippen LogP contribution in [0.1, 0.15) is 73.1 Å². The zero-order chi connectivity index (χ0) is 12.1. The smallest absolute Gasteiger partial charge is 0.0332 e. The van der Waals surface area contributed by atoms with Gasteiger partial charge in [0.25, 0.3) is 0 Å². The average molecular weight is 224 g/mol. The van der Waals surface area contributed by atoms with Crippen LogP contribution in [0.3, 0.4) is 0 Å². The van der Waals surface area contributed by atoms with Crippen molar-refractivity contribution < 1.29 is 0 Å². The van der Waals surface area contributed by atoms with Crippen LogP contribution < -0.4 is 0 Å². The van der Waals surface area contributed by atoms with Gasteiger partial charge in [0, 0.05) is 0 Å². The number of hydrogen-bond acceptors (Lipinski definition) is 0. The van der Waals surface area contributed by atoms with Crippen LogP contribution in [0.15, 0.2) is 0 Å². The molecule has 1 aliphatic carbocycles. The van der Waals surface area contributed by atoms with Crippen molar-refractivity contribution in [2.45, 2.75) is 73.1 Å². The van der Waals surface area contributed by atoms with Gasteiger partial charge in [-0.2, -0.15) is 0 Å². The zero-order valence-corrected chi connectivity index (χ0v) is 12.1. The van der Waals surface area contributed by atoms with Crippen LogP contribution in [-0.4, -0.2) is 0 Å². The molecule has 0 aromatic heterocycles.